The first kappa shape index (κ1) is 14.4. The maximum atomic E-state index is 5.67. The predicted octanol–water partition coefficient (Wildman–Crippen LogP) is 3.94. The summed E-state index contributed by atoms with van der Waals surface area (Å²) in [7, 11) is 0. The van der Waals surface area contributed by atoms with Crippen LogP contribution in [0.2, 0.25) is 0 Å². The van der Waals surface area contributed by atoms with E-state index in [4.69, 9.17) is 9.47 Å². The molecule has 0 heterocycles. The Labute approximate surface area is 110 Å². The van der Waals surface area contributed by atoms with E-state index in [1.54, 1.807) is 12.2 Å². The van der Waals surface area contributed by atoms with Gasteiger partial charge in [0.15, 0.2) is 0 Å². The van der Waals surface area contributed by atoms with Crippen molar-refractivity contribution < 1.29 is 9.47 Å². The molecule has 0 aliphatic rings. The van der Waals surface area contributed by atoms with Crippen molar-refractivity contribution in [2.45, 2.75) is 26.7 Å². The van der Waals surface area contributed by atoms with Crippen molar-refractivity contribution in [2.24, 2.45) is 0 Å². The predicted molar refractivity (Wildman–Crippen MR) is 76.6 cm³/mol. The molecule has 1 aromatic carbocycles. The zero-order valence-corrected chi connectivity index (χ0v) is 11.4. The van der Waals surface area contributed by atoms with Crippen LogP contribution in [0.5, 0.6) is 11.5 Å². The molecular formula is C16H22O2. The molecule has 0 saturated heterocycles. The summed E-state index contributed by atoms with van der Waals surface area (Å²) in [4.78, 5) is 0. The molecule has 18 heavy (non-hydrogen) atoms. The average molecular weight is 246 g/mol. The summed E-state index contributed by atoms with van der Waals surface area (Å²) >= 11 is 0. The van der Waals surface area contributed by atoms with Crippen LogP contribution in [0.4, 0.5) is 0 Å². The third kappa shape index (κ3) is 3.66. The van der Waals surface area contributed by atoms with Crippen molar-refractivity contribution in [3.05, 3.63) is 48.6 Å². The van der Waals surface area contributed by atoms with E-state index in [1.165, 1.54) is 11.1 Å². The number of hydrogen-bond donors (Lipinski definition) is 0. The van der Waals surface area contributed by atoms with Gasteiger partial charge in [-0.2, -0.15) is 0 Å². The Bertz CT molecular complexity index is 373. The Morgan fingerprint density at radius 2 is 1.33 bits per heavy atom. The third-order valence-corrected chi connectivity index (χ3v) is 2.72. The minimum Gasteiger partial charge on any atom is -0.489 e. The van der Waals surface area contributed by atoms with Crippen molar-refractivity contribution in [3.63, 3.8) is 0 Å². The fourth-order valence-corrected chi connectivity index (χ4v) is 1.78. The quantitative estimate of drug-likeness (QED) is 0.647. The van der Waals surface area contributed by atoms with Crippen LogP contribution in [0.15, 0.2) is 37.4 Å². The largest absolute Gasteiger partial charge is 0.489 e. The molecule has 2 heteroatoms. The van der Waals surface area contributed by atoms with Crippen LogP contribution in [0.1, 0.15) is 25.0 Å². The molecule has 2 nitrogen and oxygen atoms in total. The second kappa shape index (κ2) is 7.59. The second-order valence-corrected chi connectivity index (χ2v) is 3.97. The molecule has 0 amide bonds. The third-order valence-electron chi connectivity index (χ3n) is 2.72. The molecule has 0 aliphatic carbocycles. The van der Waals surface area contributed by atoms with E-state index in [0.29, 0.717) is 13.2 Å². The van der Waals surface area contributed by atoms with Crippen LogP contribution in [0.25, 0.3) is 0 Å². The maximum absolute atomic E-state index is 5.67. The number of hydrogen-bond acceptors (Lipinski definition) is 2. The van der Waals surface area contributed by atoms with Crippen LogP contribution < -0.4 is 9.47 Å². The lowest BCUT2D eigenvalue weighted by atomic mass is 10.0. The van der Waals surface area contributed by atoms with E-state index in [0.717, 1.165) is 24.3 Å². The van der Waals surface area contributed by atoms with E-state index in [1.807, 2.05) is 6.07 Å². The lowest BCUT2D eigenvalue weighted by Gasteiger charge is -2.15. The Morgan fingerprint density at radius 1 is 0.889 bits per heavy atom. The highest BCUT2D eigenvalue weighted by Gasteiger charge is 2.09. The molecule has 1 aromatic rings. The molecule has 0 saturated carbocycles. The standard InChI is InChI=1S/C16H22O2/c1-5-9-17-15-12-16(18-10-6-2)14(8-4)11-13(15)7-3/h5-6,11-12H,1-2,7-10H2,3-4H3. The van der Waals surface area contributed by atoms with Crippen LogP contribution in [0, 0.1) is 0 Å². The van der Waals surface area contributed by atoms with E-state index in [-0.39, 0.29) is 0 Å². The first-order chi connectivity index (χ1) is 8.76. The molecule has 0 radical (unpaired) electrons. The van der Waals surface area contributed by atoms with Gasteiger partial charge in [0.2, 0.25) is 0 Å². The number of benzene rings is 1. The van der Waals surface area contributed by atoms with Gasteiger partial charge in [0.25, 0.3) is 0 Å². The van der Waals surface area contributed by atoms with E-state index in [2.05, 4.69) is 33.1 Å². The lowest BCUT2D eigenvalue weighted by molar-refractivity contribution is 0.340. The highest BCUT2D eigenvalue weighted by Crippen LogP contribution is 2.30. The summed E-state index contributed by atoms with van der Waals surface area (Å²) in [5, 5.41) is 0. The Hall–Kier alpha value is -1.70. The van der Waals surface area contributed by atoms with Gasteiger partial charge in [-0.15, -0.1) is 0 Å². The highest BCUT2D eigenvalue weighted by atomic mass is 16.5. The zero-order valence-electron chi connectivity index (χ0n) is 11.4. The maximum Gasteiger partial charge on any atom is 0.126 e. The minimum atomic E-state index is 0.513. The summed E-state index contributed by atoms with van der Waals surface area (Å²) in [5.74, 6) is 1.77. The van der Waals surface area contributed by atoms with E-state index < -0.39 is 0 Å². The monoisotopic (exact) mass is 246 g/mol. The summed E-state index contributed by atoms with van der Waals surface area (Å²) < 4.78 is 11.3. The van der Waals surface area contributed by atoms with Crippen molar-refractivity contribution >= 4 is 0 Å². The van der Waals surface area contributed by atoms with Crippen LogP contribution in [0.3, 0.4) is 0 Å². The Morgan fingerprint density at radius 3 is 1.67 bits per heavy atom. The van der Waals surface area contributed by atoms with Crippen molar-refractivity contribution in [2.75, 3.05) is 13.2 Å². The molecule has 1 rings (SSSR count). The normalized spacial score (nSPS) is 9.89. The van der Waals surface area contributed by atoms with Gasteiger partial charge in [-0.1, -0.05) is 39.2 Å². The first-order valence-electron chi connectivity index (χ1n) is 6.39. The minimum absolute atomic E-state index is 0.513. The van der Waals surface area contributed by atoms with Gasteiger partial charge in [-0.05, 0) is 30.0 Å². The molecule has 0 fully saturated rings. The number of ether oxygens (including phenoxy) is 2. The molecular weight excluding hydrogens is 224 g/mol. The summed E-state index contributed by atoms with van der Waals surface area (Å²) in [6, 6.07) is 4.14. The van der Waals surface area contributed by atoms with Gasteiger partial charge in [0.05, 0.1) is 0 Å². The zero-order chi connectivity index (χ0) is 13.4. The van der Waals surface area contributed by atoms with Crippen LogP contribution in [-0.2, 0) is 12.8 Å². The molecule has 0 N–H and O–H groups in total. The molecule has 0 atom stereocenters. The number of aryl methyl sites for hydroxylation is 2. The average Bonchev–Trinajstić information content (AvgIpc) is 2.42. The van der Waals surface area contributed by atoms with Crippen molar-refractivity contribution in [1.82, 2.24) is 0 Å². The topological polar surface area (TPSA) is 18.5 Å². The lowest BCUT2D eigenvalue weighted by Crippen LogP contribution is -2.02. The van der Waals surface area contributed by atoms with E-state index >= 15 is 0 Å². The fourth-order valence-electron chi connectivity index (χ4n) is 1.78. The fraction of sp³-hybridized carbons (Fsp3) is 0.375. The molecule has 0 aromatic heterocycles. The van der Waals surface area contributed by atoms with Crippen molar-refractivity contribution in [1.29, 1.82) is 0 Å². The van der Waals surface area contributed by atoms with Gasteiger partial charge in [-0.3, -0.25) is 0 Å². The van der Waals surface area contributed by atoms with Crippen molar-refractivity contribution in [3.8, 4) is 11.5 Å². The molecule has 0 spiro atoms. The summed E-state index contributed by atoms with van der Waals surface area (Å²) in [6.45, 7) is 12.6. The summed E-state index contributed by atoms with van der Waals surface area (Å²) in [6.07, 6.45) is 5.39. The van der Waals surface area contributed by atoms with Gasteiger partial charge in [0, 0.05) is 6.07 Å². The smallest absolute Gasteiger partial charge is 0.126 e. The first-order valence-corrected chi connectivity index (χ1v) is 6.39. The summed E-state index contributed by atoms with van der Waals surface area (Å²) in [5.41, 5.74) is 2.42. The van der Waals surface area contributed by atoms with Gasteiger partial charge < -0.3 is 9.47 Å². The molecule has 0 bridgehead atoms. The van der Waals surface area contributed by atoms with Gasteiger partial charge >= 0.3 is 0 Å². The Kier molecular flexibility index (Phi) is 6.06. The Balaban J connectivity index is 3.06. The van der Waals surface area contributed by atoms with Crippen LogP contribution in [-0.4, -0.2) is 13.2 Å². The highest BCUT2D eigenvalue weighted by molar-refractivity contribution is 5.47. The second-order valence-electron chi connectivity index (χ2n) is 3.97. The van der Waals surface area contributed by atoms with Gasteiger partial charge in [0.1, 0.15) is 24.7 Å². The molecule has 0 unspecified atom stereocenters. The number of rotatable bonds is 8. The van der Waals surface area contributed by atoms with E-state index in [9.17, 15) is 0 Å². The van der Waals surface area contributed by atoms with Crippen LogP contribution >= 0.6 is 0 Å². The van der Waals surface area contributed by atoms with Gasteiger partial charge in [-0.25, -0.2) is 0 Å². The SMILES string of the molecule is C=CCOc1cc(OCC=C)c(CC)cc1CC. The molecule has 0 aliphatic heterocycles. The molecule has 98 valence electrons.